The van der Waals surface area contributed by atoms with Gasteiger partial charge in [0, 0.05) is 12.1 Å². The van der Waals surface area contributed by atoms with Gasteiger partial charge in [0.25, 0.3) is 11.8 Å². The zero-order chi connectivity index (χ0) is 23.3. The summed E-state index contributed by atoms with van der Waals surface area (Å²) < 4.78 is 34.4. The van der Waals surface area contributed by atoms with E-state index in [0.29, 0.717) is 6.42 Å². The minimum absolute atomic E-state index is 0.0344. The summed E-state index contributed by atoms with van der Waals surface area (Å²) >= 11 is 0. The van der Waals surface area contributed by atoms with Gasteiger partial charge in [0.1, 0.15) is 6.04 Å². The minimum atomic E-state index is -3.16. The van der Waals surface area contributed by atoms with Crippen LogP contribution in [0.1, 0.15) is 62.9 Å². The maximum absolute atomic E-state index is 13.1. The Kier molecular flexibility index (Phi) is 7.97. The first-order chi connectivity index (χ1) is 15.2. The standard InChI is InChI=1S/C22H32N2O7S/c1-15(2)20(23-21(26)18-9-6-11-30-18)22(27)31-13-19(25)24(16-7-4-3-5-8-16)17-10-12-32(28,29)14-17/h6,9,11,15-17,20H,3-5,7-8,10,12-14H2,1-2H3,(H,23,26)/t17?,20-/m0/s1. The van der Waals surface area contributed by atoms with E-state index < -0.39 is 34.4 Å². The van der Waals surface area contributed by atoms with Crippen LogP contribution in [0.3, 0.4) is 0 Å². The van der Waals surface area contributed by atoms with Gasteiger partial charge >= 0.3 is 5.97 Å². The van der Waals surface area contributed by atoms with Crippen LogP contribution in [0.4, 0.5) is 0 Å². The van der Waals surface area contributed by atoms with Crippen molar-refractivity contribution in [3.8, 4) is 0 Å². The molecule has 0 radical (unpaired) electrons. The second-order valence-electron chi connectivity index (χ2n) is 8.93. The van der Waals surface area contributed by atoms with Crippen LogP contribution in [-0.4, -0.2) is 67.3 Å². The maximum atomic E-state index is 13.1. The molecule has 2 fully saturated rings. The van der Waals surface area contributed by atoms with Crippen molar-refractivity contribution in [2.45, 2.75) is 70.5 Å². The Morgan fingerprint density at radius 3 is 2.44 bits per heavy atom. The number of nitrogens with zero attached hydrogens (tertiary/aromatic N) is 1. The van der Waals surface area contributed by atoms with Crippen LogP contribution in [0.25, 0.3) is 0 Å². The first-order valence-electron chi connectivity index (χ1n) is 11.2. The lowest BCUT2D eigenvalue weighted by atomic mass is 9.93. The van der Waals surface area contributed by atoms with E-state index >= 15 is 0 Å². The molecule has 1 aliphatic heterocycles. The van der Waals surface area contributed by atoms with Crippen molar-refractivity contribution in [1.82, 2.24) is 10.2 Å². The number of carbonyl (C=O) groups is 3. The molecule has 10 heteroatoms. The monoisotopic (exact) mass is 468 g/mol. The topological polar surface area (TPSA) is 123 Å². The van der Waals surface area contributed by atoms with E-state index in [1.165, 1.54) is 12.3 Å². The molecule has 1 aliphatic carbocycles. The van der Waals surface area contributed by atoms with E-state index in [2.05, 4.69) is 5.32 Å². The van der Waals surface area contributed by atoms with Crippen molar-refractivity contribution in [2.75, 3.05) is 18.1 Å². The Labute approximate surface area is 188 Å². The van der Waals surface area contributed by atoms with Gasteiger partial charge in [-0.1, -0.05) is 33.1 Å². The molecule has 0 aromatic carbocycles. The zero-order valence-corrected chi connectivity index (χ0v) is 19.4. The highest BCUT2D eigenvalue weighted by molar-refractivity contribution is 7.91. The summed E-state index contributed by atoms with van der Waals surface area (Å²) in [5.74, 6) is -1.81. The summed E-state index contributed by atoms with van der Waals surface area (Å²) in [5, 5.41) is 2.59. The molecule has 178 valence electrons. The highest BCUT2D eigenvalue weighted by atomic mass is 32.2. The van der Waals surface area contributed by atoms with Crippen LogP contribution in [-0.2, 0) is 24.2 Å². The highest BCUT2D eigenvalue weighted by Gasteiger charge is 2.39. The Morgan fingerprint density at radius 1 is 1.16 bits per heavy atom. The van der Waals surface area contributed by atoms with Crippen LogP contribution in [0.15, 0.2) is 22.8 Å². The molecule has 2 atom stereocenters. The largest absolute Gasteiger partial charge is 0.459 e. The predicted molar refractivity (Wildman–Crippen MR) is 117 cm³/mol. The number of amides is 2. The third-order valence-corrected chi connectivity index (χ3v) is 7.90. The lowest BCUT2D eigenvalue weighted by Gasteiger charge is -2.38. The number of rotatable bonds is 8. The molecule has 32 heavy (non-hydrogen) atoms. The molecule has 1 saturated heterocycles. The fourth-order valence-electron chi connectivity index (χ4n) is 4.47. The lowest BCUT2D eigenvalue weighted by molar-refractivity contribution is -0.156. The van der Waals surface area contributed by atoms with Gasteiger partial charge in [0.15, 0.2) is 22.2 Å². The van der Waals surface area contributed by atoms with Crippen LogP contribution >= 0.6 is 0 Å². The number of hydrogen-bond donors (Lipinski definition) is 1. The number of hydrogen-bond acceptors (Lipinski definition) is 7. The number of sulfone groups is 1. The normalized spacial score (nSPS) is 21.8. The van der Waals surface area contributed by atoms with E-state index in [9.17, 15) is 22.8 Å². The van der Waals surface area contributed by atoms with Gasteiger partial charge in [-0.3, -0.25) is 9.59 Å². The molecule has 2 heterocycles. The molecule has 2 amide bonds. The molecule has 3 rings (SSSR count). The van der Waals surface area contributed by atoms with Crippen molar-refractivity contribution in [3.63, 3.8) is 0 Å². The number of esters is 1. The Balaban J connectivity index is 1.64. The van der Waals surface area contributed by atoms with E-state index in [-0.39, 0.29) is 41.2 Å². The summed E-state index contributed by atoms with van der Waals surface area (Å²) in [5.41, 5.74) is 0. The fraction of sp³-hybridized carbons (Fsp3) is 0.682. The molecule has 1 saturated carbocycles. The average molecular weight is 469 g/mol. The number of nitrogens with one attached hydrogen (secondary N) is 1. The second-order valence-corrected chi connectivity index (χ2v) is 11.2. The molecule has 9 nitrogen and oxygen atoms in total. The Hall–Kier alpha value is -2.36. The quantitative estimate of drug-likeness (QED) is 0.578. The van der Waals surface area contributed by atoms with Crippen molar-refractivity contribution >= 4 is 27.6 Å². The van der Waals surface area contributed by atoms with Crippen molar-refractivity contribution in [1.29, 1.82) is 0 Å². The Bertz CT molecular complexity index is 905. The third-order valence-electron chi connectivity index (χ3n) is 6.15. The zero-order valence-electron chi connectivity index (χ0n) is 18.6. The summed E-state index contributed by atoms with van der Waals surface area (Å²) in [6.45, 7) is 3.04. The molecule has 1 N–H and O–H groups in total. The molecule has 1 aromatic rings. The first-order valence-corrected chi connectivity index (χ1v) is 13.0. The third kappa shape index (κ3) is 6.11. The van der Waals surface area contributed by atoms with E-state index in [4.69, 9.17) is 9.15 Å². The van der Waals surface area contributed by atoms with Gasteiger partial charge in [-0.2, -0.15) is 0 Å². The second kappa shape index (κ2) is 10.5. The summed E-state index contributed by atoms with van der Waals surface area (Å²) in [6, 6.07) is 1.69. The van der Waals surface area contributed by atoms with Crippen LogP contribution < -0.4 is 5.32 Å². The molecular formula is C22H32N2O7S. The summed E-state index contributed by atoms with van der Waals surface area (Å²) in [6.07, 6.45) is 6.49. The lowest BCUT2D eigenvalue weighted by Crippen LogP contribution is -2.51. The predicted octanol–water partition coefficient (Wildman–Crippen LogP) is 1.93. The summed E-state index contributed by atoms with van der Waals surface area (Å²) in [4.78, 5) is 39.7. The molecule has 2 aliphatic rings. The van der Waals surface area contributed by atoms with E-state index in [1.54, 1.807) is 24.8 Å². The van der Waals surface area contributed by atoms with Gasteiger partial charge in [-0.05, 0) is 37.3 Å². The van der Waals surface area contributed by atoms with Gasteiger partial charge in [0.05, 0.1) is 17.8 Å². The van der Waals surface area contributed by atoms with Crippen molar-refractivity contribution < 1.29 is 32.0 Å². The highest BCUT2D eigenvalue weighted by Crippen LogP contribution is 2.28. The molecule has 1 aromatic heterocycles. The average Bonchev–Trinajstić information content (AvgIpc) is 3.41. The maximum Gasteiger partial charge on any atom is 0.329 e. The molecule has 0 bridgehead atoms. The number of ether oxygens (including phenoxy) is 1. The van der Waals surface area contributed by atoms with Crippen LogP contribution in [0.2, 0.25) is 0 Å². The van der Waals surface area contributed by atoms with E-state index in [1.807, 2.05) is 0 Å². The molecule has 0 spiro atoms. The summed E-state index contributed by atoms with van der Waals surface area (Å²) in [7, 11) is -3.16. The van der Waals surface area contributed by atoms with Gasteiger partial charge < -0.3 is 19.4 Å². The molecular weight excluding hydrogens is 436 g/mol. The minimum Gasteiger partial charge on any atom is -0.459 e. The van der Waals surface area contributed by atoms with Crippen molar-refractivity contribution in [3.05, 3.63) is 24.2 Å². The molecule has 1 unspecified atom stereocenters. The van der Waals surface area contributed by atoms with E-state index in [0.717, 1.165) is 32.1 Å². The Morgan fingerprint density at radius 2 is 1.88 bits per heavy atom. The first kappa shape index (κ1) is 24.3. The van der Waals surface area contributed by atoms with Crippen LogP contribution in [0, 0.1) is 5.92 Å². The SMILES string of the molecule is CC(C)[C@H](NC(=O)c1ccco1)C(=O)OCC(=O)N(C1CCCCC1)C1CCS(=O)(=O)C1. The van der Waals surface area contributed by atoms with Crippen molar-refractivity contribution in [2.24, 2.45) is 5.92 Å². The fourth-order valence-corrected chi connectivity index (χ4v) is 6.19. The number of carbonyl (C=O) groups excluding carboxylic acids is 3. The smallest absolute Gasteiger partial charge is 0.329 e. The number of furan rings is 1. The van der Waals surface area contributed by atoms with Crippen LogP contribution in [0.5, 0.6) is 0 Å². The van der Waals surface area contributed by atoms with Gasteiger partial charge in [-0.25, -0.2) is 13.2 Å². The van der Waals surface area contributed by atoms with Gasteiger partial charge in [0.2, 0.25) is 0 Å². The van der Waals surface area contributed by atoms with Gasteiger partial charge in [-0.15, -0.1) is 0 Å².